The Morgan fingerprint density at radius 3 is 2.50 bits per heavy atom. The molecule has 3 aromatic rings. The zero-order valence-electron chi connectivity index (χ0n) is 10.1. The van der Waals surface area contributed by atoms with Gasteiger partial charge in [-0.25, -0.2) is 18.4 Å². The van der Waals surface area contributed by atoms with Gasteiger partial charge in [0.1, 0.15) is 6.26 Å². The molecule has 0 saturated carbocycles. The maximum Gasteiger partial charge on any atom is 0.263 e. The average molecular weight is 307 g/mol. The third-order valence-corrected chi connectivity index (χ3v) is 4.67. The molecule has 0 spiro atoms. The van der Waals surface area contributed by atoms with Crippen molar-refractivity contribution in [2.24, 2.45) is 0 Å². The summed E-state index contributed by atoms with van der Waals surface area (Å²) in [5.74, 6) is 0.446. The molecule has 2 heterocycles. The quantitative estimate of drug-likeness (QED) is 0.800. The van der Waals surface area contributed by atoms with Gasteiger partial charge in [-0.1, -0.05) is 0 Å². The van der Waals surface area contributed by atoms with Crippen LogP contribution in [0.25, 0.3) is 11.5 Å². The monoisotopic (exact) mass is 307 g/mol. The lowest BCUT2D eigenvalue weighted by Crippen LogP contribution is -2.12. The number of hydrogen-bond donors (Lipinski definition) is 1. The van der Waals surface area contributed by atoms with E-state index in [0.29, 0.717) is 16.6 Å². The van der Waals surface area contributed by atoms with Gasteiger partial charge in [0.2, 0.25) is 5.89 Å². The number of hydrogen-bond acceptors (Lipinski definition) is 6. The number of aromatic nitrogens is 2. The van der Waals surface area contributed by atoms with Crippen LogP contribution in [0.2, 0.25) is 0 Å². The van der Waals surface area contributed by atoms with Gasteiger partial charge in [0.15, 0.2) is 5.13 Å². The number of nitrogens with zero attached hydrogens (tertiary/aromatic N) is 2. The molecule has 8 heteroatoms. The van der Waals surface area contributed by atoms with E-state index in [4.69, 9.17) is 4.42 Å². The minimum absolute atomic E-state index is 0.156. The van der Waals surface area contributed by atoms with Crippen LogP contribution >= 0.6 is 11.3 Å². The summed E-state index contributed by atoms with van der Waals surface area (Å²) >= 11 is 1.22. The van der Waals surface area contributed by atoms with E-state index in [1.165, 1.54) is 42.1 Å². The fourth-order valence-electron chi connectivity index (χ4n) is 1.59. The molecule has 0 aliphatic heterocycles. The van der Waals surface area contributed by atoms with Gasteiger partial charge in [-0.15, -0.1) is 11.3 Å². The number of sulfonamides is 1. The van der Waals surface area contributed by atoms with Gasteiger partial charge in [-0.2, -0.15) is 0 Å². The van der Waals surface area contributed by atoms with Gasteiger partial charge >= 0.3 is 0 Å². The van der Waals surface area contributed by atoms with Crippen LogP contribution in [-0.4, -0.2) is 18.4 Å². The highest BCUT2D eigenvalue weighted by molar-refractivity contribution is 7.93. The van der Waals surface area contributed by atoms with Crippen molar-refractivity contribution >= 4 is 26.5 Å². The number of thiazole rings is 1. The number of anilines is 1. The Hall–Kier alpha value is -2.19. The molecule has 20 heavy (non-hydrogen) atoms. The normalized spacial score (nSPS) is 11.4. The Kier molecular flexibility index (Phi) is 3.25. The molecule has 1 N–H and O–H groups in total. The Balaban J connectivity index is 1.87. The molecule has 0 saturated heterocycles. The Labute approximate surface area is 119 Å². The summed E-state index contributed by atoms with van der Waals surface area (Å²) in [5.41, 5.74) is 0.711. The number of rotatable bonds is 4. The third kappa shape index (κ3) is 2.56. The van der Waals surface area contributed by atoms with E-state index >= 15 is 0 Å². The Bertz CT molecular complexity index is 779. The van der Waals surface area contributed by atoms with Crippen molar-refractivity contribution < 1.29 is 12.8 Å². The third-order valence-electron chi connectivity index (χ3n) is 2.50. The lowest BCUT2D eigenvalue weighted by atomic mass is 10.2. The zero-order chi connectivity index (χ0) is 14.0. The highest BCUT2D eigenvalue weighted by Crippen LogP contribution is 2.21. The predicted molar refractivity (Wildman–Crippen MR) is 74.9 cm³/mol. The van der Waals surface area contributed by atoms with Gasteiger partial charge in [0.05, 0.1) is 11.1 Å². The summed E-state index contributed by atoms with van der Waals surface area (Å²) < 4.78 is 31.8. The Morgan fingerprint density at radius 2 is 1.90 bits per heavy atom. The van der Waals surface area contributed by atoms with E-state index in [2.05, 4.69) is 14.7 Å². The first-order chi connectivity index (χ1) is 9.65. The van der Waals surface area contributed by atoms with Crippen molar-refractivity contribution in [3.63, 3.8) is 0 Å². The van der Waals surface area contributed by atoms with Crippen molar-refractivity contribution in [3.05, 3.63) is 48.3 Å². The number of nitrogens with one attached hydrogen (secondary N) is 1. The molecular weight excluding hydrogens is 298 g/mol. The molecule has 0 aliphatic carbocycles. The van der Waals surface area contributed by atoms with Gasteiger partial charge < -0.3 is 4.42 Å². The van der Waals surface area contributed by atoms with E-state index in [0.717, 1.165) is 0 Å². The standard InChI is InChI=1S/C12H9N3O3S2/c16-20(17,15-12-14-6-8-19-12)10-3-1-9(2-4-10)11-13-5-7-18-11/h1-8H,(H,14,15). The van der Waals surface area contributed by atoms with Crippen molar-refractivity contribution in [2.45, 2.75) is 4.90 Å². The molecular formula is C12H9N3O3S2. The highest BCUT2D eigenvalue weighted by atomic mass is 32.2. The first-order valence-corrected chi connectivity index (χ1v) is 7.94. The molecule has 3 rings (SSSR count). The van der Waals surface area contributed by atoms with E-state index in [1.54, 1.807) is 17.5 Å². The zero-order valence-corrected chi connectivity index (χ0v) is 11.7. The molecule has 0 fully saturated rings. The molecule has 1 aromatic carbocycles. The second kappa shape index (κ2) is 5.06. The number of oxazole rings is 1. The minimum atomic E-state index is -3.62. The van der Waals surface area contributed by atoms with Crippen LogP contribution in [0.15, 0.2) is 57.6 Å². The predicted octanol–water partition coefficient (Wildman–Crippen LogP) is 2.60. The summed E-state index contributed by atoms with van der Waals surface area (Å²) in [4.78, 5) is 8.04. The largest absolute Gasteiger partial charge is 0.445 e. The SMILES string of the molecule is O=S(=O)(Nc1nccs1)c1ccc(-c2ncco2)cc1. The molecule has 0 amide bonds. The second-order valence-corrected chi connectivity index (χ2v) is 6.38. The molecule has 0 unspecified atom stereocenters. The first kappa shape index (κ1) is 12.8. The smallest absolute Gasteiger partial charge is 0.263 e. The van der Waals surface area contributed by atoms with Crippen molar-refractivity contribution in [2.75, 3.05) is 4.72 Å². The second-order valence-electron chi connectivity index (χ2n) is 3.80. The first-order valence-electron chi connectivity index (χ1n) is 5.57. The van der Waals surface area contributed by atoms with Crippen LogP contribution in [0.1, 0.15) is 0 Å². The van der Waals surface area contributed by atoms with Crippen molar-refractivity contribution in [1.29, 1.82) is 0 Å². The van der Waals surface area contributed by atoms with Crippen LogP contribution in [0.4, 0.5) is 5.13 Å². The van der Waals surface area contributed by atoms with E-state index in [9.17, 15) is 8.42 Å². The summed E-state index contributed by atoms with van der Waals surface area (Å²) in [6.07, 6.45) is 4.53. The Morgan fingerprint density at radius 1 is 1.10 bits per heavy atom. The average Bonchev–Trinajstić information content (AvgIpc) is 3.11. The van der Waals surface area contributed by atoms with E-state index in [1.807, 2.05) is 0 Å². The topological polar surface area (TPSA) is 85.1 Å². The van der Waals surface area contributed by atoms with Gasteiger partial charge in [-0.05, 0) is 24.3 Å². The summed E-state index contributed by atoms with van der Waals surface area (Å²) in [7, 11) is -3.62. The molecule has 0 aliphatic rings. The molecule has 0 bridgehead atoms. The fourth-order valence-corrected chi connectivity index (χ4v) is 3.38. The lowest BCUT2D eigenvalue weighted by molar-refractivity contribution is 0.574. The lowest BCUT2D eigenvalue weighted by Gasteiger charge is -2.05. The van der Waals surface area contributed by atoms with E-state index < -0.39 is 10.0 Å². The fraction of sp³-hybridized carbons (Fsp3) is 0. The maximum atomic E-state index is 12.1. The molecule has 2 aromatic heterocycles. The maximum absolute atomic E-state index is 12.1. The molecule has 6 nitrogen and oxygen atoms in total. The summed E-state index contributed by atoms with van der Waals surface area (Å²) in [5, 5.41) is 2.03. The van der Waals surface area contributed by atoms with Gasteiger partial charge in [0, 0.05) is 17.1 Å². The summed E-state index contributed by atoms with van der Waals surface area (Å²) in [6, 6.07) is 6.27. The van der Waals surface area contributed by atoms with Crippen LogP contribution in [-0.2, 0) is 10.0 Å². The van der Waals surface area contributed by atoms with Crippen LogP contribution in [0.3, 0.4) is 0 Å². The van der Waals surface area contributed by atoms with Crippen molar-refractivity contribution in [1.82, 2.24) is 9.97 Å². The van der Waals surface area contributed by atoms with Gasteiger partial charge in [-0.3, -0.25) is 4.72 Å². The number of benzene rings is 1. The molecule has 102 valence electrons. The van der Waals surface area contributed by atoms with Crippen LogP contribution < -0.4 is 4.72 Å². The minimum Gasteiger partial charge on any atom is -0.445 e. The highest BCUT2D eigenvalue weighted by Gasteiger charge is 2.15. The van der Waals surface area contributed by atoms with Crippen LogP contribution in [0, 0.1) is 0 Å². The summed E-state index contributed by atoms with van der Waals surface area (Å²) in [6.45, 7) is 0. The van der Waals surface area contributed by atoms with Crippen LogP contribution in [0.5, 0.6) is 0 Å². The van der Waals surface area contributed by atoms with Gasteiger partial charge in [0.25, 0.3) is 10.0 Å². The molecule has 0 atom stereocenters. The van der Waals surface area contributed by atoms with Crippen molar-refractivity contribution in [3.8, 4) is 11.5 Å². The molecule has 0 radical (unpaired) electrons. The van der Waals surface area contributed by atoms with E-state index in [-0.39, 0.29) is 4.90 Å².